The lowest BCUT2D eigenvalue weighted by Crippen LogP contribution is -2.24. The molecule has 0 unspecified atom stereocenters. The summed E-state index contributed by atoms with van der Waals surface area (Å²) in [6, 6.07) is 3.45. The van der Waals surface area contributed by atoms with Crippen molar-refractivity contribution in [2.75, 3.05) is 18.9 Å². The molecule has 0 saturated heterocycles. The Labute approximate surface area is 121 Å². The molecule has 1 heterocycles. The second-order valence-corrected chi connectivity index (χ2v) is 6.57. The maximum absolute atomic E-state index is 5.84. The zero-order valence-corrected chi connectivity index (χ0v) is 13.3. The number of hydrogen-bond donors (Lipinski definition) is 1. The first-order valence-electron chi connectivity index (χ1n) is 6.79. The second kappa shape index (κ2) is 6.31. The third kappa shape index (κ3) is 6.61. The van der Waals surface area contributed by atoms with Crippen molar-refractivity contribution in [1.29, 1.82) is 0 Å². The molecule has 1 rings (SSSR count). The Hall–Kier alpha value is -1.49. The predicted octanol–water partition coefficient (Wildman–Crippen LogP) is 3.04. The Balaban J connectivity index is 2.57. The van der Waals surface area contributed by atoms with Crippen LogP contribution < -0.4 is 15.2 Å². The number of pyridine rings is 1. The van der Waals surface area contributed by atoms with Gasteiger partial charge in [-0.2, -0.15) is 4.98 Å². The Bertz CT molecular complexity index is 434. The second-order valence-electron chi connectivity index (χ2n) is 6.57. The molecule has 1 aromatic rings. The molecule has 0 bridgehead atoms. The van der Waals surface area contributed by atoms with E-state index in [0.717, 1.165) is 0 Å². The number of anilines is 1. The van der Waals surface area contributed by atoms with Crippen LogP contribution in [0.15, 0.2) is 12.1 Å². The van der Waals surface area contributed by atoms with E-state index in [2.05, 4.69) is 4.98 Å². The highest BCUT2D eigenvalue weighted by atomic mass is 16.5. The molecule has 114 valence electrons. The van der Waals surface area contributed by atoms with E-state index in [1.165, 1.54) is 0 Å². The Morgan fingerprint density at radius 3 is 2.20 bits per heavy atom. The molecule has 5 nitrogen and oxygen atoms in total. The molecular weight excluding hydrogens is 256 g/mol. The van der Waals surface area contributed by atoms with Gasteiger partial charge in [-0.15, -0.1) is 0 Å². The van der Waals surface area contributed by atoms with Gasteiger partial charge in [-0.3, -0.25) is 0 Å². The fourth-order valence-electron chi connectivity index (χ4n) is 1.38. The SMILES string of the molecule is CC(C)(C)OCCOc1ccc(N)c(OC(C)(C)C)n1. The van der Waals surface area contributed by atoms with E-state index in [-0.39, 0.29) is 11.2 Å². The minimum Gasteiger partial charge on any atom is -0.475 e. The van der Waals surface area contributed by atoms with Gasteiger partial charge in [0.1, 0.15) is 12.2 Å². The fourth-order valence-corrected chi connectivity index (χ4v) is 1.38. The third-order valence-electron chi connectivity index (χ3n) is 2.14. The van der Waals surface area contributed by atoms with E-state index in [9.17, 15) is 0 Å². The summed E-state index contributed by atoms with van der Waals surface area (Å²) in [5.74, 6) is 0.877. The minimum absolute atomic E-state index is 0.168. The van der Waals surface area contributed by atoms with Crippen LogP contribution in [0.25, 0.3) is 0 Å². The largest absolute Gasteiger partial charge is 0.475 e. The van der Waals surface area contributed by atoms with Crippen molar-refractivity contribution in [3.63, 3.8) is 0 Å². The van der Waals surface area contributed by atoms with Gasteiger partial charge in [0.05, 0.1) is 17.9 Å². The van der Waals surface area contributed by atoms with Gasteiger partial charge >= 0.3 is 0 Å². The van der Waals surface area contributed by atoms with Crippen LogP contribution >= 0.6 is 0 Å². The lowest BCUT2D eigenvalue weighted by atomic mass is 10.2. The summed E-state index contributed by atoms with van der Waals surface area (Å²) in [5, 5.41) is 0. The first-order chi connectivity index (χ1) is 9.07. The standard InChI is InChI=1S/C15H26N2O3/c1-14(2,3)19-10-9-18-12-8-7-11(16)13(17-12)20-15(4,5)6/h7-8H,9-10,16H2,1-6H3. The first kappa shape index (κ1) is 16.6. The van der Waals surface area contributed by atoms with Crippen molar-refractivity contribution in [3.8, 4) is 11.8 Å². The maximum atomic E-state index is 5.84. The molecule has 0 spiro atoms. The van der Waals surface area contributed by atoms with Gasteiger partial charge < -0.3 is 19.9 Å². The van der Waals surface area contributed by atoms with Gasteiger partial charge in [0.15, 0.2) is 0 Å². The lowest BCUT2D eigenvalue weighted by molar-refractivity contribution is -0.0169. The molecule has 0 aliphatic carbocycles. The Morgan fingerprint density at radius 2 is 1.65 bits per heavy atom. The van der Waals surface area contributed by atoms with Gasteiger partial charge in [-0.05, 0) is 47.6 Å². The number of nitrogens with zero attached hydrogens (tertiary/aromatic N) is 1. The molecule has 0 aliphatic heterocycles. The van der Waals surface area contributed by atoms with Gasteiger partial charge in [0.25, 0.3) is 0 Å². The topological polar surface area (TPSA) is 66.6 Å². The number of nitrogens with two attached hydrogens (primary N) is 1. The average Bonchev–Trinajstić information content (AvgIpc) is 2.25. The quantitative estimate of drug-likeness (QED) is 0.841. The van der Waals surface area contributed by atoms with E-state index in [4.69, 9.17) is 19.9 Å². The number of hydrogen-bond acceptors (Lipinski definition) is 5. The summed E-state index contributed by atoms with van der Waals surface area (Å²) in [6.45, 7) is 12.8. The summed E-state index contributed by atoms with van der Waals surface area (Å²) in [7, 11) is 0. The number of aromatic nitrogens is 1. The normalized spacial score (nSPS) is 12.3. The van der Waals surface area contributed by atoms with E-state index in [1.807, 2.05) is 41.5 Å². The van der Waals surface area contributed by atoms with Crippen molar-refractivity contribution in [2.45, 2.75) is 52.7 Å². The molecule has 0 saturated carbocycles. The van der Waals surface area contributed by atoms with Crippen LogP contribution in [0.4, 0.5) is 5.69 Å². The zero-order chi connectivity index (χ0) is 15.4. The van der Waals surface area contributed by atoms with Crippen LogP contribution in [0, 0.1) is 0 Å². The molecule has 5 heteroatoms. The molecule has 0 amide bonds. The highest BCUT2D eigenvalue weighted by molar-refractivity contribution is 5.49. The summed E-state index contributed by atoms with van der Waals surface area (Å²) in [5.41, 5.74) is 5.82. The smallest absolute Gasteiger partial charge is 0.241 e. The lowest BCUT2D eigenvalue weighted by Gasteiger charge is -2.22. The number of rotatable bonds is 5. The predicted molar refractivity (Wildman–Crippen MR) is 80.2 cm³/mol. The summed E-state index contributed by atoms with van der Waals surface area (Å²) >= 11 is 0. The van der Waals surface area contributed by atoms with Crippen molar-refractivity contribution in [2.24, 2.45) is 0 Å². The highest BCUT2D eigenvalue weighted by Gasteiger charge is 2.16. The van der Waals surface area contributed by atoms with Crippen LogP contribution in [0.3, 0.4) is 0 Å². The molecule has 20 heavy (non-hydrogen) atoms. The monoisotopic (exact) mass is 282 g/mol. The third-order valence-corrected chi connectivity index (χ3v) is 2.14. The number of nitrogen functional groups attached to an aromatic ring is 1. The molecule has 2 N–H and O–H groups in total. The molecule has 0 aliphatic rings. The van der Waals surface area contributed by atoms with Crippen LogP contribution in [-0.2, 0) is 4.74 Å². The van der Waals surface area contributed by atoms with E-state index < -0.39 is 0 Å². The van der Waals surface area contributed by atoms with Gasteiger partial charge in [-0.25, -0.2) is 0 Å². The maximum Gasteiger partial charge on any atom is 0.241 e. The van der Waals surface area contributed by atoms with Crippen LogP contribution in [-0.4, -0.2) is 29.4 Å². The molecule has 1 aromatic heterocycles. The Kier molecular flexibility index (Phi) is 5.22. The van der Waals surface area contributed by atoms with Crippen LogP contribution in [0.1, 0.15) is 41.5 Å². The van der Waals surface area contributed by atoms with E-state index in [0.29, 0.717) is 30.7 Å². The summed E-state index contributed by atoms with van der Waals surface area (Å²) in [6.07, 6.45) is 0. The summed E-state index contributed by atoms with van der Waals surface area (Å²) < 4.78 is 16.8. The molecule has 0 aromatic carbocycles. The van der Waals surface area contributed by atoms with Crippen LogP contribution in [0.2, 0.25) is 0 Å². The summed E-state index contributed by atoms with van der Waals surface area (Å²) in [4.78, 5) is 4.27. The molecule has 0 fully saturated rings. The molecule has 0 radical (unpaired) electrons. The number of ether oxygens (including phenoxy) is 3. The van der Waals surface area contributed by atoms with E-state index >= 15 is 0 Å². The van der Waals surface area contributed by atoms with E-state index in [1.54, 1.807) is 12.1 Å². The van der Waals surface area contributed by atoms with Gasteiger partial charge in [0.2, 0.25) is 11.8 Å². The van der Waals surface area contributed by atoms with Gasteiger partial charge in [0, 0.05) is 6.07 Å². The Morgan fingerprint density at radius 1 is 1.00 bits per heavy atom. The van der Waals surface area contributed by atoms with Crippen LogP contribution in [0.5, 0.6) is 11.8 Å². The first-order valence-corrected chi connectivity index (χ1v) is 6.79. The highest BCUT2D eigenvalue weighted by Crippen LogP contribution is 2.25. The molecule has 0 atom stereocenters. The van der Waals surface area contributed by atoms with Crippen molar-refractivity contribution in [3.05, 3.63) is 12.1 Å². The average molecular weight is 282 g/mol. The van der Waals surface area contributed by atoms with Crippen molar-refractivity contribution >= 4 is 5.69 Å². The molecular formula is C15H26N2O3. The van der Waals surface area contributed by atoms with Gasteiger partial charge in [-0.1, -0.05) is 0 Å². The minimum atomic E-state index is -0.352. The van der Waals surface area contributed by atoms with Crippen molar-refractivity contribution in [1.82, 2.24) is 4.98 Å². The zero-order valence-electron chi connectivity index (χ0n) is 13.3. The fraction of sp³-hybridized carbons (Fsp3) is 0.667. The van der Waals surface area contributed by atoms with Crippen molar-refractivity contribution < 1.29 is 14.2 Å².